The molecule has 0 atom stereocenters. The van der Waals surface area contributed by atoms with Crippen LogP contribution in [0.5, 0.6) is 0 Å². The molecule has 0 aliphatic heterocycles. The van der Waals surface area contributed by atoms with Crippen LogP contribution in [0.1, 0.15) is 0 Å². The van der Waals surface area contributed by atoms with Gasteiger partial charge in [0.2, 0.25) is 0 Å². The third-order valence-electron chi connectivity index (χ3n) is 4.45. The second-order valence-electron chi connectivity index (χ2n) is 6.07. The van der Waals surface area contributed by atoms with Crippen molar-refractivity contribution in [3.05, 3.63) is 79.9 Å². The summed E-state index contributed by atoms with van der Waals surface area (Å²) in [5.41, 5.74) is 3.95. The fraction of sp³-hybridized carbons (Fsp3) is 0. The highest BCUT2D eigenvalue weighted by atomic mass is 127. The van der Waals surface area contributed by atoms with Gasteiger partial charge in [-0.1, -0.05) is 60.7 Å². The third kappa shape index (κ3) is 2.58. The molecule has 0 aliphatic rings. The summed E-state index contributed by atoms with van der Waals surface area (Å²) in [6.07, 6.45) is 0. The number of hydrogen-bond acceptors (Lipinski definition) is 2. The lowest BCUT2D eigenvalue weighted by atomic mass is 10.1. The first-order valence-corrected chi connectivity index (χ1v) is 10.3. The molecule has 4 heteroatoms. The first-order chi connectivity index (χ1) is 12.7. The molecule has 0 saturated heterocycles. The normalized spacial score (nSPS) is 11.5. The minimum atomic E-state index is 0.888. The quantitative estimate of drug-likeness (QED) is 0.206. The SMILES string of the molecule is Ic1c(-c2ccccc2)oc2cc3c(I)c(-c4ccccc4)oc3cc12. The highest BCUT2D eigenvalue weighted by Gasteiger charge is 2.19. The summed E-state index contributed by atoms with van der Waals surface area (Å²) in [5, 5.41) is 2.17. The van der Waals surface area contributed by atoms with E-state index in [0.29, 0.717) is 0 Å². The number of fused-ring (bicyclic) bond motifs is 2. The molecule has 26 heavy (non-hydrogen) atoms. The van der Waals surface area contributed by atoms with Crippen molar-refractivity contribution in [3.8, 4) is 22.6 Å². The van der Waals surface area contributed by atoms with Crippen molar-refractivity contribution in [2.24, 2.45) is 0 Å². The van der Waals surface area contributed by atoms with Crippen LogP contribution in [0, 0.1) is 7.14 Å². The third-order valence-corrected chi connectivity index (χ3v) is 6.59. The molecular formula is C22H12I2O2. The molecule has 5 rings (SSSR count). The topological polar surface area (TPSA) is 26.3 Å². The van der Waals surface area contributed by atoms with Gasteiger partial charge in [-0.25, -0.2) is 0 Å². The van der Waals surface area contributed by atoms with Gasteiger partial charge in [-0.3, -0.25) is 0 Å². The Kier molecular flexibility index (Phi) is 4.04. The van der Waals surface area contributed by atoms with Gasteiger partial charge in [-0.15, -0.1) is 0 Å². The Labute approximate surface area is 177 Å². The van der Waals surface area contributed by atoms with Crippen LogP contribution in [0.25, 0.3) is 44.6 Å². The molecule has 0 aliphatic carbocycles. The molecule has 0 amide bonds. The molecule has 0 fully saturated rings. The summed E-state index contributed by atoms with van der Waals surface area (Å²) in [7, 11) is 0. The molecule has 5 aromatic rings. The van der Waals surface area contributed by atoms with E-state index in [1.807, 2.05) is 36.4 Å². The van der Waals surface area contributed by atoms with Gasteiger partial charge in [0, 0.05) is 21.9 Å². The second-order valence-corrected chi connectivity index (χ2v) is 8.22. The molecular weight excluding hydrogens is 550 g/mol. The zero-order valence-electron chi connectivity index (χ0n) is 13.5. The Morgan fingerprint density at radius 2 is 0.923 bits per heavy atom. The molecule has 2 nitrogen and oxygen atoms in total. The van der Waals surface area contributed by atoms with Crippen molar-refractivity contribution in [1.29, 1.82) is 0 Å². The van der Waals surface area contributed by atoms with Gasteiger partial charge in [0.25, 0.3) is 0 Å². The smallest absolute Gasteiger partial charge is 0.148 e. The number of hydrogen-bond donors (Lipinski definition) is 0. The van der Waals surface area contributed by atoms with Crippen molar-refractivity contribution in [2.45, 2.75) is 0 Å². The van der Waals surface area contributed by atoms with E-state index in [0.717, 1.165) is 51.7 Å². The van der Waals surface area contributed by atoms with Crippen molar-refractivity contribution in [3.63, 3.8) is 0 Å². The lowest BCUT2D eigenvalue weighted by Crippen LogP contribution is -1.76. The monoisotopic (exact) mass is 562 g/mol. The number of benzene rings is 3. The molecule has 126 valence electrons. The van der Waals surface area contributed by atoms with Crippen molar-refractivity contribution >= 4 is 67.1 Å². The van der Waals surface area contributed by atoms with E-state index in [1.165, 1.54) is 0 Å². The zero-order valence-corrected chi connectivity index (χ0v) is 17.8. The van der Waals surface area contributed by atoms with E-state index in [9.17, 15) is 0 Å². The summed E-state index contributed by atoms with van der Waals surface area (Å²) in [6.45, 7) is 0. The van der Waals surface area contributed by atoms with Crippen LogP contribution in [-0.2, 0) is 0 Å². The Morgan fingerprint density at radius 1 is 0.538 bits per heavy atom. The molecule has 0 bridgehead atoms. The Balaban J connectivity index is 1.74. The van der Waals surface area contributed by atoms with Gasteiger partial charge in [-0.2, -0.15) is 0 Å². The maximum atomic E-state index is 6.21. The molecule has 2 heterocycles. The summed E-state index contributed by atoms with van der Waals surface area (Å²) in [6, 6.07) is 24.6. The molecule has 0 unspecified atom stereocenters. The summed E-state index contributed by atoms with van der Waals surface area (Å²) < 4.78 is 14.6. The number of rotatable bonds is 2. The van der Waals surface area contributed by atoms with Crippen molar-refractivity contribution in [1.82, 2.24) is 0 Å². The standard InChI is InChI=1S/C22H12I2O2/c23-19-15-11-18-16(20(24)22(26-18)14-9-5-2-6-10-14)12-17(15)25-21(19)13-7-3-1-4-8-13/h1-12H. The first-order valence-electron chi connectivity index (χ1n) is 8.17. The maximum Gasteiger partial charge on any atom is 0.148 e. The summed E-state index contributed by atoms with van der Waals surface area (Å²) in [5.74, 6) is 1.82. The van der Waals surface area contributed by atoms with Crippen LogP contribution >= 0.6 is 45.2 Å². The summed E-state index contributed by atoms with van der Waals surface area (Å²) >= 11 is 4.72. The van der Waals surface area contributed by atoms with Crippen LogP contribution in [-0.4, -0.2) is 0 Å². The molecule has 3 aromatic carbocycles. The van der Waals surface area contributed by atoms with Gasteiger partial charge in [0.05, 0.1) is 7.14 Å². The van der Waals surface area contributed by atoms with E-state index < -0.39 is 0 Å². The van der Waals surface area contributed by atoms with E-state index in [1.54, 1.807) is 0 Å². The molecule has 0 N–H and O–H groups in total. The molecule has 2 aromatic heterocycles. The fourth-order valence-electron chi connectivity index (χ4n) is 3.18. The van der Waals surface area contributed by atoms with E-state index in [-0.39, 0.29) is 0 Å². The van der Waals surface area contributed by atoms with Crippen molar-refractivity contribution < 1.29 is 8.83 Å². The Hall–Kier alpha value is -1.80. The Morgan fingerprint density at radius 3 is 1.31 bits per heavy atom. The van der Waals surface area contributed by atoms with Crippen LogP contribution in [0.4, 0.5) is 0 Å². The molecule has 0 radical (unpaired) electrons. The number of halogens is 2. The number of furan rings is 2. The average molecular weight is 562 g/mol. The van der Waals surface area contributed by atoms with Gasteiger partial charge >= 0.3 is 0 Å². The average Bonchev–Trinajstić information content (AvgIpc) is 3.19. The highest BCUT2D eigenvalue weighted by Crippen LogP contribution is 2.40. The van der Waals surface area contributed by atoms with Crippen LogP contribution < -0.4 is 0 Å². The lowest BCUT2D eigenvalue weighted by molar-refractivity contribution is 0.626. The van der Waals surface area contributed by atoms with Crippen molar-refractivity contribution in [2.75, 3.05) is 0 Å². The van der Waals surface area contributed by atoms with Crippen LogP contribution in [0.2, 0.25) is 0 Å². The maximum absolute atomic E-state index is 6.21. The second kappa shape index (κ2) is 6.42. The fourth-order valence-corrected chi connectivity index (χ4v) is 4.86. The predicted octanol–water partition coefficient (Wildman–Crippen LogP) is 7.72. The first kappa shape index (κ1) is 16.4. The van der Waals surface area contributed by atoms with Gasteiger partial charge in [0.15, 0.2) is 0 Å². The van der Waals surface area contributed by atoms with Crippen LogP contribution in [0.3, 0.4) is 0 Å². The minimum Gasteiger partial charge on any atom is -0.455 e. The Bertz CT molecular complexity index is 1140. The largest absolute Gasteiger partial charge is 0.455 e. The highest BCUT2D eigenvalue weighted by molar-refractivity contribution is 14.1. The molecule has 0 saturated carbocycles. The van der Waals surface area contributed by atoms with Gasteiger partial charge in [0.1, 0.15) is 22.7 Å². The van der Waals surface area contributed by atoms with Crippen LogP contribution in [0.15, 0.2) is 81.6 Å². The minimum absolute atomic E-state index is 0.888. The predicted molar refractivity (Wildman–Crippen MR) is 122 cm³/mol. The zero-order chi connectivity index (χ0) is 17.7. The summed E-state index contributed by atoms with van der Waals surface area (Å²) in [4.78, 5) is 0. The van der Waals surface area contributed by atoms with E-state index in [4.69, 9.17) is 8.83 Å². The van der Waals surface area contributed by atoms with Gasteiger partial charge < -0.3 is 8.83 Å². The van der Waals surface area contributed by atoms with Gasteiger partial charge in [-0.05, 0) is 57.3 Å². The van der Waals surface area contributed by atoms with E-state index >= 15 is 0 Å². The molecule has 0 spiro atoms. The van der Waals surface area contributed by atoms with E-state index in [2.05, 4.69) is 81.6 Å². The lowest BCUT2D eigenvalue weighted by Gasteiger charge is -1.96.